The number of hydrogen-bond donors (Lipinski definition) is 1. The summed E-state index contributed by atoms with van der Waals surface area (Å²) in [7, 11) is 0. The summed E-state index contributed by atoms with van der Waals surface area (Å²) in [6.45, 7) is 5.44. The van der Waals surface area contributed by atoms with Crippen molar-refractivity contribution in [3.8, 4) is 0 Å². The number of aromatic nitrogens is 2. The highest BCUT2D eigenvalue weighted by Crippen LogP contribution is 2.19. The van der Waals surface area contributed by atoms with Gasteiger partial charge in [0.05, 0.1) is 0 Å². The molecule has 0 aliphatic carbocycles. The highest BCUT2D eigenvalue weighted by Gasteiger charge is 2.26. The van der Waals surface area contributed by atoms with Gasteiger partial charge in [-0.15, -0.1) is 0 Å². The molecule has 1 N–H and O–H groups in total. The second-order valence-corrected chi connectivity index (χ2v) is 5.19. The maximum atomic E-state index is 12.3. The van der Waals surface area contributed by atoms with Gasteiger partial charge >= 0.3 is 5.97 Å². The van der Waals surface area contributed by atoms with Crippen molar-refractivity contribution in [1.29, 1.82) is 0 Å². The third-order valence-electron chi connectivity index (χ3n) is 3.55. The number of amides is 1. The molecule has 0 aromatic carbocycles. The van der Waals surface area contributed by atoms with Gasteiger partial charge in [0.25, 0.3) is 0 Å². The minimum Gasteiger partial charge on any atom is -0.476 e. The third kappa shape index (κ3) is 2.94. The zero-order valence-corrected chi connectivity index (χ0v) is 11.2. The van der Waals surface area contributed by atoms with E-state index < -0.39 is 12.0 Å². The monoisotopic (exact) mass is 265 g/mol. The van der Waals surface area contributed by atoms with E-state index in [4.69, 9.17) is 5.11 Å². The normalized spacial score (nSPS) is 21.2. The van der Waals surface area contributed by atoms with Gasteiger partial charge in [-0.05, 0) is 31.7 Å². The summed E-state index contributed by atoms with van der Waals surface area (Å²) >= 11 is 0. The predicted octanol–water partition coefficient (Wildman–Crippen LogP) is 1.40. The summed E-state index contributed by atoms with van der Waals surface area (Å²) in [5.74, 6) is -0.548. The maximum Gasteiger partial charge on any atom is 0.356 e. The Morgan fingerprint density at radius 2 is 2.26 bits per heavy atom. The predicted molar refractivity (Wildman–Crippen MR) is 68.9 cm³/mol. The van der Waals surface area contributed by atoms with Crippen LogP contribution in [0.1, 0.15) is 43.2 Å². The number of carboxylic acids is 1. The Balaban J connectivity index is 2.07. The Kier molecular flexibility index (Phi) is 3.87. The lowest BCUT2D eigenvalue weighted by Crippen LogP contribution is -2.42. The molecule has 1 amide bonds. The molecule has 19 heavy (non-hydrogen) atoms. The van der Waals surface area contributed by atoms with E-state index in [0.717, 1.165) is 25.9 Å². The average molecular weight is 265 g/mol. The van der Waals surface area contributed by atoms with Crippen LogP contribution in [0.3, 0.4) is 0 Å². The fourth-order valence-electron chi connectivity index (χ4n) is 2.43. The van der Waals surface area contributed by atoms with Crippen LogP contribution in [0.2, 0.25) is 0 Å². The summed E-state index contributed by atoms with van der Waals surface area (Å²) < 4.78 is 1.42. The lowest BCUT2D eigenvalue weighted by molar-refractivity contribution is -0.136. The van der Waals surface area contributed by atoms with E-state index in [2.05, 4.69) is 12.0 Å². The fourth-order valence-corrected chi connectivity index (χ4v) is 2.43. The first-order chi connectivity index (χ1) is 8.99. The van der Waals surface area contributed by atoms with Gasteiger partial charge in [-0.2, -0.15) is 5.10 Å². The van der Waals surface area contributed by atoms with E-state index >= 15 is 0 Å². The summed E-state index contributed by atoms with van der Waals surface area (Å²) in [6.07, 6.45) is 3.72. The van der Waals surface area contributed by atoms with Gasteiger partial charge in [-0.25, -0.2) is 4.79 Å². The molecule has 1 aromatic rings. The van der Waals surface area contributed by atoms with E-state index in [9.17, 15) is 9.59 Å². The number of piperidine rings is 1. The molecule has 6 heteroatoms. The van der Waals surface area contributed by atoms with E-state index in [1.165, 1.54) is 10.7 Å². The van der Waals surface area contributed by atoms with Crippen LogP contribution in [0.4, 0.5) is 0 Å². The minimum atomic E-state index is -1.08. The van der Waals surface area contributed by atoms with Crippen molar-refractivity contribution in [3.63, 3.8) is 0 Å². The first-order valence-corrected chi connectivity index (χ1v) is 6.56. The van der Waals surface area contributed by atoms with E-state index in [1.807, 2.05) is 4.90 Å². The number of carbonyl (C=O) groups excluding carboxylic acids is 1. The Bertz CT molecular complexity index is 483. The van der Waals surface area contributed by atoms with Gasteiger partial charge in [0.1, 0.15) is 6.04 Å². The van der Waals surface area contributed by atoms with Gasteiger partial charge in [0, 0.05) is 19.3 Å². The van der Waals surface area contributed by atoms with Gasteiger partial charge in [0.2, 0.25) is 5.91 Å². The molecule has 0 saturated carbocycles. The van der Waals surface area contributed by atoms with E-state index in [0.29, 0.717) is 5.92 Å². The molecule has 1 aliphatic heterocycles. The number of carbonyl (C=O) groups is 2. The number of aromatic carboxylic acids is 1. The van der Waals surface area contributed by atoms with Crippen LogP contribution in [0.15, 0.2) is 12.3 Å². The topological polar surface area (TPSA) is 75.4 Å². The molecule has 2 rings (SSSR count). The van der Waals surface area contributed by atoms with Crippen molar-refractivity contribution in [1.82, 2.24) is 14.7 Å². The summed E-state index contributed by atoms with van der Waals surface area (Å²) in [6, 6.07) is 0.948. The molecule has 0 spiro atoms. The molecule has 1 fully saturated rings. The summed E-state index contributed by atoms with van der Waals surface area (Å²) in [5.41, 5.74) is -0.0355. The molecule has 2 atom stereocenters. The molecule has 0 radical (unpaired) electrons. The number of carboxylic acid groups (broad SMARTS) is 1. The molecule has 6 nitrogen and oxygen atoms in total. The number of likely N-dealkylation sites (tertiary alicyclic amines) is 1. The van der Waals surface area contributed by atoms with Crippen LogP contribution < -0.4 is 0 Å². The first-order valence-electron chi connectivity index (χ1n) is 6.56. The molecule has 0 bridgehead atoms. The molecule has 2 unspecified atom stereocenters. The lowest BCUT2D eigenvalue weighted by Gasteiger charge is -2.32. The standard InChI is InChI=1S/C13H19N3O3/c1-9-4-3-6-15(8-9)12(17)10(2)16-7-5-11(14-16)13(18)19/h5,7,9-10H,3-4,6,8H2,1-2H3,(H,18,19). The number of nitrogens with zero attached hydrogens (tertiary/aromatic N) is 3. The van der Waals surface area contributed by atoms with Crippen LogP contribution in [-0.4, -0.2) is 44.8 Å². The molecule has 1 aromatic heterocycles. The summed E-state index contributed by atoms with van der Waals surface area (Å²) in [5, 5.41) is 12.7. The molecular formula is C13H19N3O3. The minimum absolute atomic E-state index is 0.00610. The SMILES string of the molecule is CC1CCCN(C(=O)C(C)n2ccc(C(=O)O)n2)C1. The third-order valence-corrected chi connectivity index (χ3v) is 3.55. The first kappa shape index (κ1) is 13.6. The van der Waals surface area contributed by atoms with Crippen molar-refractivity contribution < 1.29 is 14.7 Å². The quantitative estimate of drug-likeness (QED) is 0.896. The summed E-state index contributed by atoms with van der Waals surface area (Å²) in [4.78, 5) is 25.0. The van der Waals surface area contributed by atoms with Crippen molar-refractivity contribution >= 4 is 11.9 Å². The van der Waals surface area contributed by atoms with Gasteiger partial charge < -0.3 is 10.0 Å². The van der Waals surface area contributed by atoms with Crippen LogP contribution in [0, 0.1) is 5.92 Å². The lowest BCUT2D eigenvalue weighted by atomic mass is 10.00. The Labute approximate surface area is 112 Å². The molecule has 104 valence electrons. The fraction of sp³-hybridized carbons (Fsp3) is 0.615. The smallest absolute Gasteiger partial charge is 0.356 e. The second-order valence-electron chi connectivity index (χ2n) is 5.19. The molecule has 1 aliphatic rings. The van der Waals surface area contributed by atoms with E-state index in [1.54, 1.807) is 13.1 Å². The second kappa shape index (κ2) is 5.42. The average Bonchev–Trinajstić information content (AvgIpc) is 2.86. The van der Waals surface area contributed by atoms with Crippen molar-refractivity contribution in [2.24, 2.45) is 5.92 Å². The molecule has 2 heterocycles. The Morgan fingerprint density at radius 1 is 1.53 bits per heavy atom. The molecule has 1 saturated heterocycles. The van der Waals surface area contributed by atoms with Crippen LogP contribution in [0.5, 0.6) is 0 Å². The number of rotatable bonds is 3. The molecular weight excluding hydrogens is 246 g/mol. The van der Waals surface area contributed by atoms with Crippen molar-refractivity contribution in [2.45, 2.75) is 32.7 Å². The van der Waals surface area contributed by atoms with Crippen LogP contribution in [0.25, 0.3) is 0 Å². The zero-order chi connectivity index (χ0) is 14.0. The zero-order valence-electron chi connectivity index (χ0n) is 11.2. The highest BCUT2D eigenvalue weighted by atomic mass is 16.4. The van der Waals surface area contributed by atoms with Crippen LogP contribution >= 0.6 is 0 Å². The van der Waals surface area contributed by atoms with Crippen molar-refractivity contribution in [3.05, 3.63) is 18.0 Å². The highest BCUT2D eigenvalue weighted by molar-refractivity contribution is 5.85. The largest absolute Gasteiger partial charge is 0.476 e. The van der Waals surface area contributed by atoms with Crippen LogP contribution in [-0.2, 0) is 4.79 Å². The van der Waals surface area contributed by atoms with E-state index in [-0.39, 0.29) is 11.6 Å². The maximum absolute atomic E-state index is 12.3. The Hall–Kier alpha value is -1.85. The van der Waals surface area contributed by atoms with Gasteiger partial charge in [-0.1, -0.05) is 6.92 Å². The number of hydrogen-bond acceptors (Lipinski definition) is 3. The van der Waals surface area contributed by atoms with Crippen molar-refractivity contribution in [2.75, 3.05) is 13.1 Å². The van der Waals surface area contributed by atoms with Gasteiger partial charge in [-0.3, -0.25) is 9.48 Å². The van der Waals surface area contributed by atoms with Gasteiger partial charge in [0.15, 0.2) is 5.69 Å². The Morgan fingerprint density at radius 3 is 2.84 bits per heavy atom.